The summed E-state index contributed by atoms with van der Waals surface area (Å²) >= 11 is 0. The third-order valence-electron chi connectivity index (χ3n) is 2.61. The lowest BCUT2D eigenvalue weighted by Gasteiger charge is -2.28. The molecule has 1 N–H and O–H groups in total. The maximum atomic E-state index is 11.7. The second kappa shape index (κ2) is 5.86. The lowest BCUT2D eigenvalue weighted by atomic mass is 10.2. The van der Waals surface area contributed by atoms with Gasteiger partial charge >= 0.3 is 6.03 Å². The van der Waals surface area contributed by atoms with E-state index in [0.29, 0.717) is 32.3 Å². The maximum absolute atomic E-state index is 11.7. The molecule has 0 bridgehead atoms. The van der Waals surface area contributed by atoms with E-state index in [0.717, 1.165) is 12.8 Å². The molecule has 2 amide bonds. The number of carbonyl (C=O) groups is 1. The quantitative estimate of drug-likeness (QED) is 0.744. The monoisotopic (exact) mass is 200 g/mol. The Balaban J connectivity index is 2.32. The number of nitrogens with zero attached hydrogens (tertiary/aromatic N) is 1. The van der Waals surface area contributed by atoms with Gasteiger partial charge in [0.2, 0.25) is 0 Å². The van der Waals surface area contributed by atoms with Crippen LogP contribution in [-0.4, -0.2) is 43.3 Å². The van der Waals surface area contributed by atoms with Gasteiger partial charge in [0.15, 0.2) is 0 Å². The highest BCUT2D eigenvalue weighted by Crippen LogP contribution is 2.01. The van der Waals surface area contributed by atoms with Crippen LogP contribution in [0.1, 0.15) is 26.7 Å². The number of hydrogen-bond acceptors (Lipinski definition) is 2. The van der Waals surface area contributed by atoms with E-state index >= 15 is 0 Å². The van der Waals surface area contributed by atoms with Crippen LogP contribution in [0.3, 0.4) is 0 Å². The standard InChI is InChI=1S/C10H20N2O2/c1-3-9(4-2)11-10(13)12-5-7-14-8-6-12/h9H,3-8H2,1-2H3,(H,11,13). The van der Waals surface area contributed by atoms with Crippen molar-refractivity contribution in [3.63, 3.8) is 0 Å². The minimum atomic E-state index is 0.0574. The highest BCUT2D eigenvalue weighted by atomic mass is 16.5. The summed E-state index contributed by atoms with van der Waals surface area (Å²) in [5, 5.41) is 3.02. The van der Waals surface area contributed by atoms with Crippen LogP contribution >= 0.6 is 0 Å². The molecule has 0 aromatic heterocycles. The molecule has 1 aliphatic rings. The first-order valence-corrected chi connectivity index (χ1v) is 5.41. The average Bonchev–Trinajstić information content (AvgIpc) is 2.26. The first-order valence-electron chi connectivity index (χ1n) is 5.41. The number of hydrogen-bond donors (Lipinski definition) is 1. The molecule has 0 aliphatic carbocycles. The summed E-state index contributed by atoms with van der Waals surface area (Å²) in [6.07, 6.45) is 1.99. The molecular formula is C10H20N2O2. The molecule has 1 fully saturated rings. The zero-order valence-corrected chi connectivity index (χ0v) is 9.08. The van der Waals surface area contributed by atoms with Crippen LogP contribution in [-0.2, 0) is 4.74 Å². The van der Waals surface area contributed by atoms with E-state index in [4.69, 9.17) is 4.74 Å². The topological polar surface area (TPSA) is 41.6 Å². The lowest BCUT2D eigenvalue weighted by Crippen LogP contribution is -2.48. The van der Waals surface area contributed by atoms with Crippen molar-refractivity contribution in [2.75, 3.05) is 26.3 Å². The number of ether oxygens (including phenoxy) is 1. The molecule has 1 aliphatic heterocycles. The van der Waals surface area contributed by atoms with Gasteiger partial charge in [-0.05, 0) is 12.8 Å². The van der Waals surface area contributed by atoms with E-state index in [-0.39, 0.29) is 6.03 Å². The summed E-state index contributed by atoms with van der Waals surface area (Å²) in [5.41, 5.74) is 0. The van der Waals surface area contributed by atoms with Crippen molar-refractivity contribution in [1.29, 1.82) is 0 Å². The molecule has 0 spiro atoms. The van der Waals surface area contributed by atoms with Crippen LogP contribution in [0.5, 0.6) is 0 Å². The smallest absolute Gasteiger partial charge is 0.317 e. The zero-order chi connectivity index (χ0) is 10.4. The summed E-state index contributed by atoms with van der Waals surface area (Å²) in [7, 11) is 0. The molecule has 1 saturated heterocycles. The Morgan fingerprint density at radius 3 is 2.43 bits per heavy atom. The summed E-state index contributed by atoms with van der Waals surface area (Å²) in [6.45, 7) is 6.94. The second-order valence-electron chi connectivity index (χ2n) is 3.56. The van der Waals surface area contributed by atoms with Crippen LogP contribution in [0.2, 0.25) is 0 Å². The van der Waals surface area contributed by atoms with Crippen LogP contribution < -0.4 is 5.32 Å². The first kappa shape index (κ1) is 11.3. The molecule has 1 heterocycles. The van der Waals surface area contributed by atoms with E-state index < -0.39 is 0 Å². The predicted molar refractivity (Wildman–Crippen MR) is 55.3 cm³/mol. The SMILES string of the molecule is CCC(CC)NC(=O)N1CCOCC1. The number of rotatable bonds is 3. The van der Waals surface area contributed by atoms with Gasteiger partial charge in [-0.3, -0.25) is 0 Å². The highest BCUT2D eigenvalue weighted by molar-refractivity contribution is 5.74. The van der Waals surface area contributed by atoms with Crippen LogP contribution in [0.15, 0.2) is 0 Å². The van der Waals surface area contributed by atoms with Crippen molar-refractivity contribution in [2.24, 2.45) is 0 Å². The Morgan fingerprint density at radius 1 is 1.36 bits per heavy atom. The summed E-state index contributed by atoms with van der Waals surface area (Å²) < 4.78 is 5.19. The minimum Gasteiger partial charge on any atom is -0.378 e. The molecule has 0 atom stereocenters. The maximum Gasteiger partial charge on any atom is 0.317 e. The first-order chi connectivity index (χ1) is 6.77. The Kier molecular flexibility index (Phi) is 4.73. The predicted octanol–water partition coefficient (Wildman–Crippen LogP) is 1.22. The van der Waals surface area contributed by atoms with Gasteiger partial charge in [-0.2, -0.15) is 0 Å². The van der Waals surface area contributed by atoms with E-state index in [1.165, 1.54) is 0 Å². The van der Waals surface area contributed by atoms with Crippen LogP contribution in [0.4, 0.5) is 4.79 Å². The van der Waals surface area contributed by atoms with Crippen molar-refractivity contribution >= 4 is 6.03 Å². The van der Waals surface area contributed by atoms with Crippen molar-refractivity contribution < 1.29 is 9.53 Å². The van der Waals surface area contributed by atoms with Gasteiger partial charge in [-0.1, -0.05) is 13.8 Å². The summed E-state index contributed by atoms with van der Waals surface area (Å²) in [5.74, 6) is 0. The number of urea groups is 1. The van der Waals surface area contributed by atoms with Gasteiger partial charge in [-0.25, -0.2) is 4.79 Å². The molecule has 0 aromatic carbocycles. The van der Waals surface area contributed by atoms with Crippen molar-refractivity contribution in [1.82, 2.24) is 10.2 Å². The van der Waals surface area contributed by atoms with E-state index in [1.54, 1.807) is 0 Å². The van der Waals surface area contributed by atoms with Crippen LogP contribution in [0.25, 0.3) is 0 Å². The molecular weight excluding hydrogens is 180 g/mol. The fourth-order valence-electron chi connectivity index (χ4n) is 1.53. The normalized spacial score (nSPS) is 17.2. The number of carbonyl (C=O) groups excluding carboxylic acids is 1. The minimum absolute atomic E-state index is 0.0574. The van der Waals surface area contributed by atoms with Gasteiger partial charge in [-0.15, -0.1) is 0 Å². The Labute approximate surface area is 85.6 Å². The van der Waals surface area contributed by atoms with Gasteiger partial charge in [0.1, 0.15) is 0 Å². The summed E-state index contributed by atoms with van der Waals surface area (Å²) in [4.78, 5) is 13.5. The van der Waals surface area contributed by atoms with E-state index in [2.05, 4.69) is 19.2 Å². The molecule has 14 heavy (non-hydrogen) atoms. The Morgan fingerprint density at radius 2 is 1.93 bits per heavy atom. The Bertz CT molecular complexity index is 175. The highest BCUT2D eigenvalue weighted by Gasteiger charge is 2.18. The average molecular weight is 200 g/mol. The van der Waals surface area contributed by atoms with E-state index in [1.807, 2.05) is 4.90 Å². The third kappa shape index (κ3) is 3.18. The fourth-order valence-corrected chi connectivity index (χ4v) is 1.53. The number of amides is 2. The van der Waals surface area contributed by atoms with Gasteiger partial charge in [0.05, 0.1) is 13.2 Å². The third-order valence-corrected chi connectivity index (χ3v) is 2.61. The molecule has 0 saturated carbocycles. The molecule has 0 radical (unpaired) electrons. The Hall–Kier alpha value is -0.770. The van der Waals surface area contributed by atoms with Crippen molar-refractivity contribution in [3.05, 3.63) is 0 Å². The molecule has 82 valence electrons. The van der Waals surface area contributed by atoms with Crippen molar-refractivity contribution in [3.8, 4) is 0 Å². The zero-order valence-electron chi connectivity index (χ0n) is 9.08. The molecule has 0 unspecified atom stereocenters. The fraction of sp³-hybridized carbons (Fsp3) is 0.900. The summed E-state index contributed by atoms with van der Waals surface area (Å²) in [6, 6.07) is 0.368. The number of morpholine rings is 1. The largest absolute Gasteiger partial charge is 0.378 e. The molecule has 0 aromatic rings. The second-order valence-corrected chi connectivity index (χ2v) is 3.56. The van der Waals surface area contributed by atoms with E-state index in [9.17, 15) is 4.79 Å². The van der Waals surface area contributed by atoms with Gasteiger partial charge in [0, 0.05) is 19.1 Å². The van der Waals surface area contributed by atoms with Crippen molar-refractivity contribution in [2.45, 2.75) is 32.7 Å². The van der Waals surface area contributed by atoms with Gasteiger partial charge < -0.3 is 15.0 Å². The molecule has 4 heteroatoms. The molecule has 1 rings (SSSR count). The number of nitrogens with one attached hydrogen (secondary N) is 1. The molecule has 4 nitrogen and oxygen atoms in total. The van der Waals surface area contributed by atoms with Crippen LogP contribution in [0, 0.1) is 0 Å². The lowest BCUT2D eigenvalue weighted by molar-refractivity contribution is 0.0524. The van der Waals surface area contributed by atoms with Gasteiger partial charge in [0.25, 0.3) is 0 Å².